The number of hydrogen-bond acceptors (Lipinski definition) is 5. The lowest BCUT2D eigenvalue weighted by atomic mass is 9.86. The van der Waals surface area contributed by atoms with Gasteiger partial charge in [-0.05, 0) is 38.3 Å². The number of rotatable bonds is 6. The molecule has 4 rings (SSSR count). The fraction of sp³-hybridized carbons (Fsp3) is 0.455. The number of nitrogens with one attached hydrogen (secondary N) is 2. The van der Waals surface area contributed by atoms with Crippen molar-refractivity contribution in [2.45, 2.75) is 58.8 Å². The van der Waals surface area contributed by atoms with Crippen LogP contribution >= 0.6 is 0 Å². The van der Waals surface area contributed by atoms with Gasteiger partial charge in [0.2, 0.25) is 11.9 Å². The van der Waals surface area contributed by atoms with E-state index < -0.39 is 0 Å². The molecule has 158 valence electrons. The summed E-state index contributed by atoms with van der Waals surface area (Å²) in [6.45, 7) is 3.49. The molecule has 0 atom stereocenters. The highest BCUT2D eigenvalue weighted by Crippen LogP contribution is 2.28. The molecule has 0 aromatic carbocycles. The molecule has 1 amide bonds. The second-order valence-corrected chi connectivity index (χ2v) is 7.99. The van der Waals surface area contributed by atoms with Gasteiger partial charge in [-0.2, -0.15) is 9.78 Å². The van der Waals surface area contributed by atoms with Gasteiger partial charge in [-0.25, -0.2) is 4.98 Å². The van der Waals surface area contributed by atoms with Gasteiger partial charge in [0.15, 0.2) is 5.76 Å². The molecule has 8 heteroatoms. The SMILES string of the molecule is Cc1nc(-n2nc(-c3ccco3)cc2NC(=O)CCC2CCCCC2)[nH]c(=O)c1C. The number of carbonyl (C=O) groups excluding carboxylic acids is 1. The predicted molar refractivity (Wildman–Crippen MR) is 114 cm³/mol. The molecule has 0 unspecified atom stereocenters. The molecule has 2 N–H and O–H groups in total. The van der Waals surface area contributed by atoms with Crippen molar-refractivity contribution in [1.29, 1.82) is 0 Å². The summed E-state index contributed by atoms with van der Waals surface area (Å²) in [5.41, 5.74) is 1.47. The summed E-state index contributed by atoms with van der Waals surface area (Å²) < 4.78 is 6.89. The molecule has 3 aromatic heterocycles. The number of aromatic amines is 1. The molecule has 8 nitrogen and oxygen atoms in total. The van der Waals surface area contributed by atoms with Crippen LogP contribution in [0.15, 0.2) is 33.7 Å². The van der Waals surface area contributed by atoms with Crippen molar-refractivity contribution in [3.63, 3.8) is 0 Å². The van der Waals surface area contributed by atoms with Crippen molar-refractivity contribution >= 4 is 11.7 Å². The largest absolute Gasteiger partial charge is 0.463 e. The molecule has 30 heavy (non-hydrogen) atoms. The average molecular weight is 409 g/mol. The van der Waals surface area contributed by atoms with E-state index in [9.17, 15) is 9.59 Å². The molecule has 1 aliphatic carbocycles. The third-order valence-corrected chi connectivity index (χ3v) is 5.84. The Kier molecular flexibility index (Phi) is 5.83. The predicted octanol–water partition coefficient (Wildman–Crippen LogP) is 4.13. The molecular formula is C22H27N5O3. The van der Waals surface area contributed by atoms with Crippen LogP contribution in [-0.2, 0) is 4.79 Å². The minimum atomic E-state index is -0.234. The van der Waals surface area contributed by atoms with E-state index in [1.165, 1.54) is 36.8 Å². The molecule has 3 heterocycles. The summed E-state index contributed by atoms with van der Waals surface area (Å²) in [5.74, 6) is 1.83. The number of anilines is 1. The third-order valence-electron chi connectivity index (χ3n) is 5.84. The zero-order chi connectivity index (χ0) is 21.1. The summed E-state index contributed by atoms with van der Waals surface area (Å²) in [4.78, 5) is 32.1. The smallest absolute Gasteiger partial charge is 0.255 e. The van der Waals surface area contributed by atoms with Crippen LogP contribution in [0.25, 0.3) is 17.4 Å². The minimum absolute atomic E-state index is 0.0705. The van der Waals surface area contributed by atoms with Crippen molar-refractivity contribution < 1.29 is 9.21 Å². The van der Waals surface area contributed by atoms with Gasteiger partial charge in [0.05, 0.1) is 6.26 Å². The monoisotopic (exact) mass is 409 g/mol. The Balaban J connectivity index is 1.59. The molecule has 1 saturated carbocycles. The number of amides is 1. The van der Waals surface area contributed by atoms with E-state index >= 15 is 0 Å². The first-order valence-corrected chi connectivity index (χ1v) is 10.5. The zero-order valence-corrected chi connectivity index (χ0v) is 17.4. The molecular weight excluding hydrogens is 382 g/mol. The maximum atomic E-state index is 12.7. The Morgan fingerprint density at radius 2 is 2.10 bits per heavy atom. The first-order chi connectivity index (χ1) is 14.5. The first kappa shape index (κ1) is 20.1. The third kappa shape index (κ3) is 4.37. The van der Waals surface area contributed by atoms with E-state index in [0.29, 0.717) is 40.9 Å². The number of aromatic nitrogens is 4. The molecule has 0 aliphatic heterocycles. The number of carbonyl (C=O) groups is 1. The fourth-order valence-electron chi connectivity index (χ4n) is 3.92. The van der Waals surface area contributed by atoms with Crippen molar-refractivity contribution in [3.05, 3.63) is 46.1 Å². The van der Waals surface area contributed by atoms with Crippen LogP contribution < -0.4 is 10.9 Å². The van der Waals surface area contributed by atoms with Crippen molar-refractivity contribution in [2.75, 3.05) is 5.32 Å². The molecule has 3 aromatic rings. The minimum Gasteiger partial charge on any atom is -0.463 e. The van der Waals surface area contributed by atoms with Crippen molar-refractivity contribution in [2.24, 2.45) is 5.92 Å². The van der Waals surface area contributed by atoms with E-state index in [-0.39, 0.29) is 17.4 Å². The highest BCUT2D eigenvalue weighted by Gasteiger charge is 2.19. The lowest BCUT2D eigenvalue weighted by Gasteiger charge is -2.21. The molecule has 0 spiro atoms. The van der Waals surface area contributed by atoms with Crippen LogP contribution in [0.3, 0.4) is 0 Å². The fourth-order valence-corrected chi connectivity index (χ4v) is 3.92. The Hall–Kier alpha value is -3.16. The van der Waals surface area contributed by atoms with Gasteiger partial charge in [-0.3, -0.25) is 14.6 Å². The van der Waals surface area contributed by atoms with Crippen molar-refractivity contribution in [3.8, 4) is 17.4 Å². The second kappa shape index (κ2) is 8.69. The quantitative estimate of drug-likeness (QED) is 0.637. The highest BCUT2D eigenvalue weighted by atomic mass is 16.3. The number of H-pyrrole nitrogens is 1. The first-order valence-electron chi connectivity index (χ1n) is 10.5. The van der Waals surface area contributed by atoms with E-state index in [1.54, 1.807) is 38.3 Å². The standard InChI is InChI=1S/C22H27N5O3/c1-14-15(2)23-22(25-21(14)29)27-19(13-17(26-27)18-9-6-12-30-18)24-20(28)11-10-16-7-4-3-5-8-16/h6,9,12-13,16H,3-5,7-8,10-11H2,1-2H3,(H,24,28)(H,23,25,29). The van der Waals surface area contributed by atoms with Gasteiger partial charge < -0.3 is 9.73 Å². The summed E-state index contributed by atoms with van der Waals surface area (Å²) in [7, 11) is 0. The van der Waals surface area contributed by atoms with Gasteiger partial charge in [-0.1, -0.05) is 32.1 Å². The summed E-state index contributed by atoms with van der Waals surface area (Å²) in [6.07, 6.45) is 9.16. The lowest BCUT2D eigenvalue weighted by molar-refractivity contribution is -0.116. The van der Waals surface area contributed by atoms with Gasteiger partial charge in [0, 0.05) is 23.7 Å². The Morgan fingerprint density at radius 1 is 1.30 bits per heavy atom. The highest BCUT2D eigenvalue weighted by molar-refractivity contribution is 5.90. The van der Waals surface area contributed by atoms with Crippen LogP contribution in [-0.4, -0.2) is 25.7 Å². The number of aryl methyl sites for hydroxylation is 1. The summed E-state index contributed by atoms with van der Waals surface area (Å²) >= 11 is 0. The van der Waals surface area contributed by atoms with Gasteiger partial charge >= 0.3 is 0 Å². The van der Waals surface area contributed by atoms with Crippen molar-refractivity contribution in [1.82, 2.24) is 19.7 Å². The molecule has 1 fully saturated rings. The molecule has 0 radical (unpaired) electrons. The van der Waals surface area contributed by atoms with E-state index in [4.69, 9.17) is 4.42 Å². The van der Waals surface area contributed by atoms with E-state index in [2.05, 4.69) is 20.4 Å². The van der Waals surface area contributed by atoms with E-state index in [1.807, 2.05) is 0 Å². The van der Waals surface area contributed by atoms with E-state index in [0.717, 1.165) is 6.42 Å². The van der Waals surface area contributed by atoms with Gasteiger partial charge in [0.25, 0.3) is 5.56 Å². The number of furan rings is 1. The normalized spacial score (nSPS) is 14.7. The van der Waals surface area contributed by atoms with Gasteiger partial charge in [0.1, 0.15) is 11.5 Å². The Morgan fingerprint density at radius 3 is 2.80 bits per heavy atom. The Bertz CT molecular complexity index is 1070. The number of hydrogen-bond donors (Lipinski definition) is 2. The van der Waals surface area contributed by atoms with Crippen LogP contribution in [0.4, 0.5) is 5.82 Å². The summed E-state index contributed by atoms with van der Waals surface area (Å²) in [6, 6.07) is 5.29. The molecule has 1 aliphatic rings. The van der Waals surface area contributed by atoms with Gasteiger partial charge in [-0.15, -0.1) is 0 Å². The Labute approximate surface area is 174 Å². The maximum Gasteiger partial charge on any atom is 0.255 e. The zero-order valence-electron chi connectivity index (χ0n) is 17.4. The molecule has 0 saturated heterocycles. The van der Waals surface area contributed by atoms with Crippen LogP contribution in [0.5, 0.6) is 0 Å². The topological polar surface area (TPSA) is 106 Å². The lowest BCUT2D eigenvalue weighted by Crippen LogP contribution is -2.21. The average Bonchev–Trinajstić information content (AvgIpc) is 3.41. The summed E-state index contributed by atoms with van der Waals surface area (Å²) in [5, 5.41) is 7.46. The maximum absolute atomic E-state index is 12.7. The number of nitrogens with zero attached hydrogens (tertiary/aromatic N) is 3. The second-order valence-electron chi connectivity index (χ2n) is 7.99. The van der Waals surface area contributed by atoms with Crippen LogP contribution in [0.1, 0.15) is 56.2 Å². The van der Waals surface area contributed by atoms with Crippen LogP contribution in [0.2, 0.25) is 0 Å². The van der Waals surface area contributed by atoms with Crippen LogP contribution in [0, 0.1) is 19.8 Å². The molecule has 0 bridgehead atoms.